The Morgan fingerprint density at radius 1 is 1.15 bits per heavy atom. The Morgan fingerprint density at radius 3 is 2.70 bits per heavy atom. The molecule has 0 bridgehead atoms. The lowest BCUT2D eigenvalue weighted by atomic mass is 10.1. The molecule has 20 heavy (non-hydrogen) atoms. The number of carbonyl (C=O) groups excluding carboxylic acids is 1. The zero-order valence-corrected chi connectivity index (χ0v) is 11.8. The van der Waals surface area contributed by atoms with Crippen LogP contribution in [-0.4, -0.2) is 9.86 Å². The molecule has 0 aliphatic carbocycles. The molecular weight excluding hydrogens is 270 g/mol. The van der Waals surface area contributed by atoms with Crippen LogP contribution in [0.15, 0.2) is 53.3 Å². The number of rotatable bonds is 2. The number of aryl methyl sites for hydroxylation is 1. The van der Waals surface area contributed by atoms with Crippen LogP contribution in [0, 0.1) is 6.92 Å². The Morgan fingerprint density at radius 2 is 1.95 bits per heavy atom. The Labute approximate surface area is 120 Å². The molecule has 1 heterocycles. The number of nitrogens with zero attached hydrogens (tertiary/aromatic N) is 1. The van der Waals surface area contributed by atoms with Crippen molar-refractivity contribution in [3.8, 4) is 0 Å². The van der Waals surface area contributed by atoms with E-state index < -0.39 is 0 Å². The first-order chi connectivity index (χ1) is 9.65. The third-order valence-corrected chi connectivity index (χ3v) is 4.26. The first kappa shape index (κ1) is 12.8. The summed E-state index contributed by atoms with van der Waals surface area (Å²) in [5.74, 6) is -0.179. The van der Waals surface area contributed by atoms with E-state index in [1.807, 2.05) is 49.4 Å². The quantitative estimate of drug-likeness (QED) is 0.724. The van der Waals surface area contributed by atoms with Crippen LogP contribution in [-0.2, 0) is 6.42 Å². The molecular formula is C16H13NO2S. The van der Waals surface area contributed by atoms with Crippen LogP contribution in [0.1, 0.15) is 15.9 Å². The minimum absolute atomic E-state index is 0.179. The van der Waals surface area contributed by atoms with Crippen LogP contribution in [0.2, 0.25) is 0 Å². The summed E-state index contributed by atoms with van der Waals surface area (Å²) in [5, 5.41) is 0.607. The summed E-state index contributed by atoms with van der Waals surface area (Å²) in [5.41, 5.74) is 1.82. The van der Waals surface area contributed by atoms with E-state index in [0.29, 0.717) is 5.39 Å². The maximum absolute atomic E-state index is 12.3. The predicted octanol–water partition coefficient (Wildman–Crippen LogP) is 3.25. The predicted molar refractivity (Wildman–Crippen MR) is 81.6 cm³/mol. The molecule has 2 aromatic carbocycles. The summed E-state index contributed by atoms with van der Waals surface area (Å²) < 4.78 is 2.10. The van der Waals surface area contributed by atoms with Crippen molar-refractivity contribution in [1.82, 2.24) is 3.96 Å². The van der Waals surface area contributed by atoms with Gasteiger partial charge in [0.05, 0.1) is 16.5 Å². The van der Waals surface area contributed by atoms with Gasteiger partial charge >= 0.3 is 0 Å². The number of benzene rings is 2. The van der Waals surface area contributed by atoms with Gasteiger partial charge in [0.15, 0.2) is 0 Å². The zero-order valence-electron chi connectivity index (χ0n) is 11.0. The molecule has 0 atom stereocenters. The number of fused-ring (bicyclic) bond motifs is 1. The maximum atomic E-state index is 12.3. The molecule has 0 amide bonds. The lowest BCUT2D eigenvalue weighted by Gasteiger charge is -2.01. The Kier molecular flexibility index (Phi) is 3.24. The summed E-state index contributed by atoms with van der Waals surface area (Å²) in [4.78, 5) is 24.5. The van der Waals surface area contributed by atoms with E-state index in [1.165, 1.54) is 15.5 Å². The summed E-state index contributed by atoms with van der Waals surface area (Å²) in [7, 11) is 0. The van der Waals surface area contributed by atoms with Crippen molar-refractivity contribution < 1.29 is 4.79 Å². The molecule has 100 valence electrons. The van der Waals surface area contributed by atoms with E-state index in [9.17, 15) is 9.59 Å². The third kappa shape index (κ3) is 2.30. The molecule has 1 aromatic heterocycles. The molecule has 0 radical (unpaired) electrons. The topological polar surface area (TPSA) is 39.1 Å². The second-order valence-corrected chi connectivity index (χ2v) is 5.73. The van der Waals surface area contributed by atoms with Crippen molar-refractivity contribution in [2.75, 3.05) is 0 Å². The maximum Gasteiger partial charge on any atom is 0.275 e. The summed E-state index contributed by atoms with van der Waals surface area (Å²) >= 11 is 1.21. The van der Waals surface area contributed by atoms with Crippen LogP contribution in [0.4, 0.5) is 0 Å². The zero-order chi connectivity index (χ0) is 14.1. The van der Waals surface area contributed by atoms with E-state index in [0.717, 1.165) is 15.8 Å². The fourth-order valence-electron chi connectivity index (χ4n) is 2.20. The highest BCUT2D eigenvalue weighted by Crippen LogP contribution is 2.16. The smallest absolute Gasteiger partial charge is 0.273 e. The molecule has 0 N–H and O–H groups in total. The van der Waals surface area contributed by atoms with Crippen molar-refractivity contribution in [2.24, 2.45) is 0 Å². The van der Waals surface area contributed by atoms with Crippen LogP contribution in [0.3, 0.4) is 0 Å². The molecule has 0 fully saturated rings. The summed E-state index contributed by atoms with van der Waals surface area (Å²) in [6.07, 6.45) is 0.244. The van der Waals surface area contributed by atoms with Gasteiger partial charge in [-0.1, -0.05) is 42.0 Å². The summed E-state index contributed by atoms with van der Waals surface area (Å²) in [6.45, 7) is 1.99. The van der Waals surface area contributed by atoms with Crippen molar-refractivity contribution >= 4 is 27.5 Å². The van der Waals surface area contributed by atoms with Crippen molar-refractivity contribution in [3.63, 3.8) is 0 Å². The van der Waals surface area contributed by atoms with Crippen molar-refractivity contribution in [3.05, 3.63) is 70.0 Å². The van der Waals surface area contributed by atoms with Gasteiger partial charge in [0.2, 0.25) is 5.91 Å². The van der Waals surface area contributed by atoms with Crippen LogP contribution in [0.25, 0.3) is 10.1 Å². The number of hydrogen-bond donors (Lipinski definition) is 0. The largest absolute Gasteiger partial charge is 0.275 e. The lowest BCUT2D eigenvalue weighted by molar-refractivity contribution is 0.0923. The second kappa shape index (κ2) is 5.06. The SMILES string of the molecule is Cc1cccc(CC(=O)n2sc3ccccc3c2=O)c1. The normalized spacial score (nSPS) is 10.8. The summed E-state index contributed by atoms with van der Waals surface area (Å²) in [6, 6.07) is 15.1. The van der Waals surface area contributed by atoms with Gasteiger partial charge in [-0.3, -0.25) is 9.59 Å². The van der Waals surface area contributed by atoms with Gasteiger partial charge in [-0.2, -0.15) is 3.96 Å². The number of hydrogen-bond acceptors (Lipinski definition) is 3. The lowest BCUT2D eigenvalue weighted by Crippen LogP contribution is -2.22. The minimum Gasteiger partial charge on any atom is -0.273 e. The van der Waals surface area contributed by atoms with Gasteiger partial charge in [0, 0.05) is 0 Å². The fourth-order valence-corrected chi connectivity index (χ4v) is 3.14. The highest BCUT2D eigenvalue weighted by atomic mass is 32.1. The van der Waals surface area contributed by atoms with Crippen LogP contribution >= 0.6 is 11.5 Å². The molecule has 0 aliphatic heterocycles. The molecule has 3 aromatic rings. The first-order valence-electron chi connectivity index (χ1n) is 6.35. The van der Waals surface area contributed by atoms with Crippen LogP contribution in [0.5, 0.6) is 0 Å². The molecule has 0 saturated heterocycles. The molecule has 3 rings (SSSR count). The molecule has 0 spiro atoms. The Hall–Kier alpha value is -2.20. The van der Waals surface area contributed by atoms with Crippen LogP contribution < -0.4 is 5.56 Å². The van der Waals surface area contributed by atoms with Crippen molar-refractivity contribution in [1.29, 1.82) is 0 Å². The van der Waals surface area contributed by atoms with E-state index in [1.54, 1.807) is 6.07 Å². The molecule has 0 aliphatic rings. The van der Waals surface area contributed by atoms with Gasteiger partial charge in [0.25, 0.3) is 5.56 Å². The Balaban J connectivity index is 1.97. The second-order valence-electron chi connectivity index (χ2n) is 4.75. The van der Waals surface area contributed by atoms with E-state index in [4.69, 9.17) is 0 Å². The third-order valence-electron chi connectivity index (χ3n) is 3.16. The monoisotopic (exact) mass is 283 g/mol. The van der Waals surface area contributed by atoms with Gasteiger partial charge in [-0.25, -0.2) is 0 Å². The van der Waals surface area contributed by atoms with Gasteiger partial charge in [-0.15, -0.1) is 0 Å². The molecule has 0 saturated carbocycles. The number of aromatic nitrogens is 1. The molecule has 4 heteroatoms. The van der Waals surface area contributed by atoms with Gasteiger partial charge in [0.1, 0.15) is 0 Å². The highest BCUT2D eigenvalue weighted by molar-refractivity contribution is 7.14. The van der Waals surface area contributed by atoms with E-state index in [2.05, 4.69) is 0 Å². The number of carbonyl (C=O) groups is 1. The first-order valence-corrected chi connectivity index (χ1v) is 7.12. The molecule has 3 nitrogen and oxygen atoms in total. The fraction of sp³-hybridized carbons (Fsp3) is 0.125. The average Bonchev–Trinajstić information content (AvgIpc) is 2.77. The standard InChI is InChI=1S/C16H13NO2S/c1-11-5-4-6-12(9-11)10-15(18)17-16(19)13-7-2-3-8-14(13)20-17/h2-9H,10H2,1H3. The van der Waals surface area contributed by atoms with Gasteiger partial charge < -0.3 is 0 Å². The molecule has 0 unspecified atom stereocenters. The minimum atomic E-state index is -0.219. The van der Waals surface area contributed by atoms with Gasteiger partial charge in [-0.05, 0) is 36.2 Å². The highest BCUT2D eigenvalue weighted by Gasteiger charge is 2.13. The Bertz CT molecular complexity index is 845. The van der Waals surface area contributed by atoms with Crippen molar-refractivity contribution in [2.45, 2.75) is 13.3 Å². The van der Waals surface area contributed by atoms with E-state index in [-0.39, 0.29) is 17.9 Å². The average molecular weight is 283 g/mol. The van der Waals surface area contributed by atoms with E-state index >= 15 is 0 Å².